The molecule has 14 nitrogen and oxygen atoms in total. The van der Waals surface area contributed by atoms with Crippen molar-refractivity contribution in [3.05, 3.63) is 50.2 Å². The number of rotatable bonds is 11. The van der Waals surface area contributed by atoms with Crippen molar-refractivity contribution in [1.82, 2.24) is 14.0 Å². The number of aromatic nitrogens is 2. The van der Waals surface area contributed by atoms with Gasteiger partial charge in [-0.25, -0.2) is 9.36 Å². The third-order valence-corrected chi connectivity index (χ3v) is 6.05. The summed E-state index contributed by atoms with van der Waals surface area (Å²) in [6, 6.07) is 4.02. The van der Waals surface area contributed by atoms with Crippen LogP contribution in [0.3, 0.4) is 0 Å². The van der Waals surface area contributed by atoms with Crippen LogP contribution in [0.2, 0.25) is 0 Å². The third kappa shape index (κ3) is 6.20. The fourth-order valence-corrected chi connectivity index (χ4v) is 4.17. The van der Waals surface area contributed by atoms with Crippen molar-refractivity contribution in [2.45, 2.75) is 59.7 Å². The summed E-state index contributed by atoms with van der Waals surface area (Å²) in [7, 11) is 0. The zero-order valence-electron chi connectivity index (χ0n) is 22.3. The molecule has 0 atom stereocenters. The number of nitrogens with zero attached hydrogens (tertiary/aromatic N) is 5. The van der Waals surface area contributed by atoms with Crippen molar-refractivity contribution < 1.29 is 50.8 Å². The summed E-state index contributed by atoms with van der Waals surface area (Å²) >= 11 is 0. The van der Waals surface area contributed by atoms with E-state index in [0.29, 0.717) is 22.0 Å². The second-order valence-electron chi connectivity index (χ2n) is 8.39. The number of azo groups is 1. The Kier molecular flexibility index (Phi) is 11.1. The number of amides is 2. The SMILES string of the molecule is CCOC(=O)Cn1c(O)c(N=Nc2cccc3c2C(=O)N(C(CC)CC)C3=O)c(=O)n(CC(=O)OCC)c1=O.[Cu+2]. The number of ether oxygens (including phenoxy) is 2. The maximum Gasteiger partial charge on any atom is 2.00 e. The van der Waals surface area contributed by atoms with Gasteiger partial charge < -0.3 is 14.6 Å². The minimum atomic E-state index is -1.19. The number of esters is 2. The van der Waals surface area contributed by atoms with Gasteiger partial charge in [0.2, 0.25) is 11.6 Å². The molecule has 1 aliphatic rings. The molecular weight excluding hydrogens is 578 g/mol. The van der Waals surface area contributed by atoms with Gasteiger partial charge in [0.1, 0.15) is 13.1 Å². The summed E-state index contributed by atoms with van der Waals surface area (Å²) in [5, 5.41) is 18.5. The van der Waals surface area contributed by atoms with Gasteiger partial charge >= 0.3 is 34.7 Å². The molecule has 217 valence electrons. The van der Waals surface area contributed by atoms with Crippen LogP contribution in [-0.2, 0) is 49.2 Å². The molecule has 2 amide bonds. The monoisotopic (exact) mass is 606 g/mol. The van der Waals surface area contributed by atoms with Gasteiger partial charge in [0.05, 0.1) is 30.0 Å². The van der Waals surface area contributed by atoms with E-state index in [1.54, 1.807) is 0 Å². The zero-order chi connectivity index (χ0) is 28.9. The number of benzene rings is 1. The van der Waals surface area contributed by atoms with Crippen LogP contribution in [0.1, 0.15) is 61.3 Å². The van der Waals surface area contributed by atoms with Gasteiger partial charge in [0.25, 0.3) is 17.4 Å². The van der Waals surface area contributed by atoms with E-state index in [4.69, 9.17) is 9.47 Å². The standard InChI is InChI=1S/C25H29N5O9.Cu/c1-5-14(6-2)30-21(33)15-10-9-11-16(19(15)22(30)34)26-27-20-23(35)28(12-17(31)38-7-3)25(37)29(24(20)36)13-18(32)39-8-4;/h9-11,14,35H,5-8,12-13H2,1-4H3;/q;+2. The molecule has 40 heavy (non-hydrogen) atoms. The van der Waals surface area contributed by atoms with Crippen LogP contribution >= 0.6 is 0 Å². The van der Waals surface area contributed by atoms with Crippen molar-refractivity contribution in [2.24, 2.45) is 10.2 Å². The average molecular weight is 607 g/mol. The van der Waals surface area contributed by atoms with Crippen LogP contribution in [-0.4, -0.2) is 62.1 Å². The summed E-state index contributed by atoms with van der Waals surface area (Å²) in [6.45, 7) is 5.14. The van der Waals surface area contributed by atoms with Crippen LogP contribution in [0.25, 0.3) is 0 Å². The number of hydrogen-bond acceptors (Lipinski definition) is 11. The summed E-state index contributed by atoms with van der Waals surface area (Å²) < 4.78 is 10.6. The Balaban J connectivity index is 0.00000560. The molecule has 1 aromatic carbocycles. The first-order valence-corrected chi connectivity index (χ1v) is 12.4. The van der Waals surface area contributed by atoms with Crippen LogP contribution in [0.5, 0.6) is 5.88 Å². The van der Waals surface area contributed by atoms with Gasteiger partial charge in [-0.05, 0) is 38.8 Å². The maximum atomic E-state index is 13.2. The molecule has 0 unspecified atom stereocenters. The second kappa shape index (κ2) is 13.8. The van der Waals surface area contributed by atoms with Crippen molar-refractivity contribution >= 4 is 35.1 Å². The van der Waals surface area contributed by atoms with Crippen molar-refractivity contribution in [2.75, 3.05) is 13.2 Å². The van der Waals surface area contributed by atoms with Gasteiger partial charge in [-0.2, -0.15) is 0 Å². The molecule has 0 saturated carbocycles. The smallest absolute Gasteiger partial charge is 0.493 e. The molecule has 3 rings (SSSR count). The van der Waals surface area contributed by atoms with E-state index in [9.17, 15) is 33.9 Å². The molecule has 1 radical (unpaired) electrons. The van der Waals surface area contributed by atoms with E-state index < -0.39 is 59.7 Å². The molecule has 15 heteroatoms. The van der Waals surface area contributed by atoms with Crippen molar-refractivity contribution in [3.8, 4) is 5.88 Å². The first-order chi connectivity index (χ1) is 18.6. The molecule has 2 heterocycles. The minimum Gasteiger partial charge on any atom is -0.493 e. The molecule has 0 spiro atoms. The Hall–Kier alpha value is -4.10. The third-order valence-electron chi connectivity index (χ3n) is 6.05. The van der Waals surface area contributed by atoms with Crippen molar-refractivity contribution in [3.63, 3.8) is 0 Å². The minimum absolute atomic E-state index is 0. The predicted molar refractivity (Wildman–Crippen MR) is 135 cm³/mol. The molecule has 1 N–H and O–H groups in total. The van der Waals surface area contributed by atoms with E-state index in [-0.39, 0.29) is 53.1 Å². The van der Waals surface area contributed by atoms with Gasteiger partial charge in [-0.3, -0.25) is 33.4 Å². The number of fused-ring (bicyclic) bond motifs is 1. The first-order valence-electron chi connectivity index (χ1n) is 12.4. The van der Waals surface area contributed by atoms with E-state index in [0.717, 1.165) is 4.90 Å². The number of hydrogen-bond donors (Lipinski definition) is 1. The van der Waals surface area contributed by atoms with Crippen LogP contribution in [0, 0.1) is 0 Å². The summed E-state index contributed by atoms with van der Waals surface area (Å²) in [4.78, 5) is 77.4. The second-order valence-corrected chi connectivity index (χ2v) is 8.39. The van der Waals surface area contributed by atoms with Crippen LogP contribution in [0.15, 0.2) is 38.0 Å². The average Bonchev–Trinajstić information content (AvgIpc) is 3.16. The number of imide groups is 1. The zero-order valence-corrected chi connectivity index (χ0v) is 23.2. The molecule has 1 aromatic heterocycles. The van der Waals surface area contributed by atoms with Gasteiger partial charge in [-0.15, -0.1) is 10.2 Å². The molecule has 1 aliphatic heterocycles. The molecule has 0 saturated heterocycles. The fraction of sp³-hybridized carbons (Fsp3) is 0.440. The quantitative estimate of drug-likeness (QED) is 0.173. The Morgan fingerprint density at radius 2 is 1.45 bits per heavy atom. The van der Waals surface area contributed by atoms with E-state index >= 15 is 0 Å². The molecular formula is C25H29CuN5O9+2. The Bertz CT molecular complexity index is 1460. The number of carbonyl (C=O) groups excluding carboxylic acids is 4. The normalized spacial score (nSPS) is 12.6. The Morgan fingerprint density at radius 1 is 0.875 bits per heavy atom. The first kappa shape index (κ1) is 32.1. The van der Waals surface area contributed by atoms with Crippen LogP contribution < -0.4 is 11.2 Å². The van der Waals surface area contributed by atoms with Gasteiger partial charge in [0.15, 0.2) is 0 Å². The van der Waals surface area contributed by atoms with Gasteiger partial charge in [0, 0.05) is 6.04 Å². The van der Waals surface area contributed by atoms with E-state index in [2.05, 4.69) is 10.2 Å². The van der Waals surface area contributed by atoms with E-state index in [1.165, 1.54) is 32.0 Å². The number of carbonyl (C=O) groups is 4. The summed E-state index contributed by atoms with van der Waals surface area (Å²) in [6.07, 6.45) is 1.10. The predicted octanol–water partition coefficient (Wildman–Crippen LogP) is 2.04. The Labute approximate surface area is 239 Å². The van der Waals surface area contributed by atoms with E-state index in [1.807, 2.05) is 13.8 Å². The maximum absolute atomic E-state index is 13.2. The largest absolute Gasteiger partial charge is 2.00 e. The molecule has 0 fully saturated rings. The fourth-order valence-electron chi connectivity index (χ4n) is 4.17. The summed E-state index contributed by atoms with van der Waals surface area (Å²) in [5.74, 6) is -3.88. The van der Waals surface area contributed by atoms with Crippen molar-refractivity contribution in [1.29, 1.82) is 0 Å². The van der Waals surface area contributed by atoms with Gasteiger partial charge in [-0.1, -0.05) is 19.9 Å². The summed E-state index contributed by atoms with van der Waals surface area (Å²) in [5.41, 5.74) is -3.13. The molecule has 0 aliphatic carbocycles. The number of aromatic hydroxyl groups is 1. The van der Waals surface area contributed by atoms with Crippen LogP contribution in [0.4, 0.5) is 11.4 Å². The topological polar surface area (TPSA) is 179 Å². The molecule has 2 aromatic rings. The molecule has 0 bridgehead atoms. The Morgan fingerprint density at radius 3 is 2.00 bits per heavy atom.